The van der Waals surface area contributed by atoms with Gasteiger partial charge < -0.3 is 0 Å². The third-order valence-corrected chi connectivity index (χ3v) is 9.85. The zero-order valence-corrected chi connectivity index (χ0v) is 14.9. The molecule has 23 heavy (non-hydrogen) atoms. The molecule has 3 aromatic carbocycles. The first-order valence-corrected chi connectivity index (χ1v) is 10.6. The van der Waals surface area contributed by atoms with Gasteiger partial charge in [0.1, 0.15) is 27.8 Å². The van der Waals surface area contributed by atoms with Crippen LogP contribution in [0.4, 0.5) is 0 Å². The second kappa shape index (κ2) is 7.17. The lowest BCUT2D eigenvalue weighted by Gasteiger charge is -2.27. The van der Waals surface area contributed by atoms with Crippen molar-refractivity contribution in [2.24, 2.45) is 0 Å². The molecule has 0 saturated heterocycles. The standard InChI is InChI=1S/C21H20PS/c1-18(23-2)22(19-12-6-3-7-13-19,20-14-8-4-9-15-20)21-16-10-5-11-17-21/h3-17H,1H2,2H3/q+1. The Labute approximate surface area is 143 Å². The molecule has 0 aliphatic rings. The molecular formula is C21H20PS+. The number of hydrogen-bond acceptors (Lipinski definition) is 1. The molecule has 0 N–H and O–H groups in total. The number of benzene rings is 3. The van der Waals surface area contributed by atoms with Gasteiger partial charge >= 0.3 is 0 Å². The fraction of sp³-hybridized carbons (Fsp3) is 0.0476. The molecule has 0 radical (unpaired) electrons. The van der Waals surface area contributed by atoms with Gasteiger partial charge in [-0.05, 0) is 49.2 Å². The smallest absolute Gasteiger partial charge is 0.0915 e. The van der Waals surface area contributed by atoms with E-state index in [2.05, 4.69) is 104 Å². The van der Waals surface area contributed by atoms with Crippen LogP contribution in [0.5, 0.6) is 0 Å². The minimum Gasteiger partial charge on any atom is -0.0915 e. The van der Waals surface area contributed by atoms with Crippen LogP contribution in [0.15, 0.2) is 102 Å². The topological polar surface area (TPSA) is 0 Å². The van der Waals surface area contributed by atoms with Crippen LogP contribution in [0.25, 0.3) is 0 Å². The van der Waals surface area contributed by atoms with Crippen LogP contribution in [0.3, 0.4) is 0 Å². The van der Waals surface area contributed by atoms with Crippen LogP contribution >= 0.6 is 19.0 Å². The SMILES string of the molecule is C=C(SC)[P+](c1ccccc1)(c1ccccc1)c1ccccc1. The third kappa shape index (κ3) is 2.87. The van der Waals surface area contributed by atoms with Gasteiger partial charge in [0.15, 0.2) is 0 Å². The Bertz CT molecular complexity index is 670. The molecule has 0 aliphatic carbocycles. The maximum Gasteiger partial charge on any atom is 0.150 e. The molecular weight excluding hydrogens is 315 g/mol. The fourth-order valence-corrected chi connectivity index (χ4v) is 8.63. The van der Waals surface area contributed by atoms with Crippen molar-refractivity contribution in [2.45, 2.75) is 0 Å². The minimum atomic E-state index is -1.88. The molecule has 0 aromatic heterocycles. The van der Waals surface area contributed by atoms with E-state index in [4.69, 9.17) is 0 Å². The van der Waals surface area contributed by atoms with Crippen molar-refractivity contribution in [1.29, 1.82) is 0 Å². The van der Waals surface area contributed by atoms with E-state index in [0.717, 1.165) is 0 Å². The molecule has 0 fully saturated rings. The average molecular weight is 335 g/mol. The molecule has 0 atom stereocenters. The summed E-state index contributed by atoms with van der Waals surface area (Å²) in [5, 5.41) is 4.07. The van der Waals surface area contributed by atoms with Gasteiger partial charge in [0.05, 0.1) is 0 Å². The molecule has 0 bridgehead atoms. The average Bonchev–Trinajstić information content (AvgIpc) is 2.65. The second-order valence-electron chi connectivity index (χ2n) is 5.28. The highest BCUT2D eigenvalue weighted by Crippen LogP contribution is 2.64. The third-order valence-electron chi connectivity index (χ3n) is 4.04. The molecule has 0 saturated carbocycles. The molecule has 0 aliphatic heterocycles. The van der Waals surface area contributed by atoms with E-state index in [0.29, 0.717) is 0 Å². The highest BCUT2D eigenvalue weighted by Gasteiger charge is 2.48. The van der Waals surface area contributed by atoms with E-state index >= 15 is 0 Å². The summed E-state index contributed by atoms with van der Waals surface area (Å²) in [4.78, 5) is 0. The summed E-state index contributed by atoms with van der Waals surface area (Å²) in [6.07, 6.45) is 2.13. The predicted octanol–water partition coefficient (Wildman–Crippen LogP) is 4.81. The Kier molecular flexibility index (Phi) is 5.00. The fourth-order valence-electron chi connectivity index (χ4n) is 2.97. The Morgan fingerprint density at radius 2 is 0.957 bits per heavy atom. The summed E-state index contributed by atoms with van der Waals surface area (Å²) in [5.74, 6) is 0. The normalized spacial score (nSPS) is 11.2. The van der Waals surface area contributed by atoms with Crippen molar-refractivity contribution in [1.82, 2.24) is 0 Å². The van der Waals surface area contributed by atoms with Gasteiger partial charge in [0, 0.05) is 0 Å². The Morgan fingerprint density at radius 1 is 0.652 bits per heavy atom. The molecule has 3 aromatic rings. The lowest BCUT2D eigenvalue weighted by molar-refractivity contribution is 1.72. The van der Waals surface area contributed by atoms with Gasteiger partial charge in [-0.2, -0.15) is 0 Å². The van der Waals surface area contributed by atoms with E-state index in [9.17, 15) is 0 Å². The van der Waals surface area contributed by atoms with Gasteiger partial charge in [-0.15, -0.1) is 0 Å². The summed E-state index contributed by atoms with van der Waals surface area (Å²) in [6, 6.07) is 32.5. The quantitative estimate of drug-likeness (QED) is 0.603. The number of thioether (sulfide) groups is 1. The zero-order chi connectivity index (χ0) is 16.1. The first-order valence-electron chi connectivity index (χ1n) is 7.59. The maximum absolute atomic E-state index is 4.49. The summed E-state index contributed by atoms with van der Waals surface area (Å²) in [5.41, 5.74) is 0. The Balaban J connectivity index is 2.38. The van der Waals surface area contributed by atoms with E-state index < -0.39 is 7.26 Å². The van der Waals surface area contributed by atoms with E-state index in [-0.39, 0.29) is 0 Å². The summed E-state index contributed by atoms with van der Waals surface area (Å²) >= 11 is 1.77. The van der Waals surface area contributed by atoms with Gasteiger partial charge in [-0.25, -0.2) is 0 Å². The lowest BCUT2D eigenvalue weighted by atomic mass is 10.4. The van der Waals surface area contributed by atoms with Crippen molar-refractivity contribution < 1.29 is 0 Å². The molecule has 2 heteroatoms. The van der Waals surface area contributed by atoms with Crippen LogP contribution < -0.4 is 15.9 Å². The number of rotatable bonds is 5. The molecule has 0 amide bonds. The summed E-state index contributed by atoms with van der Waals surface area (Å²) in [7, 11) is -1.88. The first kappa shape index (κ1) is 16.1. The van der Waals surface area contributed by atoms with Gasteiger partial charge in [0.2, 0.25) is 0 Å². The monoisotopic (exact) mass is 335 g/mol. The zero-order valence-electron chi connectivity index (χ0n) is 13.2. The highest BCUT2D eigenvalue weighted by atomic mass is 32.2. The van der Waals surface area contributed by atoms with Gasteiger partial charge in [-0.3, -0.25) is 0 Å². The highest BCUT2D eigenvalue weighted by molar-refractivity contribution is 8.18. The minimum absolute atomic E-state index is 1.24. The molecule has 3 rings (SSSR count). The lowest BCUT2D eigenvalue weighted by Crippen LogP contribution is -2.31. The van der Waals surface area contributed by atoms with E-state index in [1.807, 2.05) is 0 Å². The van der Waals surface area contributed by atoms with E-state index in [1.54, 1.807) is 11.8 Å². The molecule has 0 unspecified atom stereocenters. The van der Waals surface area contributed by atoms with Crippen molar-refractivity contribution in [3.05, 3.63) is 102 Å². The number of hydrogen-bond donors (Lipinski definition) is 0. The van der Waals surface area contributed by atoms with Crippen LogP contribution in [0.1, 0.15) is 0 Å². The van der Waals surface area contributed by atoms with Crippen molar-refractivity contribution in [3.8, 4) is 0 Å². The Morgan fingerprint density at radius 3 is 1.22 bits per heavy atom. The Hall–Kier alpha value is -1.82. The van der Waals surface area contributed by atoms with Crippen LogP contribution in [-0.4, -0.2) is 6.26 Å². The van der Waals surface area contributed by atoms with Crippen molar-refractivity contribution in [3.63, 3.8) is 0 Å². The molecule has 0 spiro atoms. The molecule has 114 valence electrons. The van der Waals surface area contributed by atoms with Gasteiger partial charge in [0.25, 0.3) is 0 Å². The van der Waals surface area contributed by atoms with Crippen LogP contribution in [0.2, 0.25) is 0 Å². The first-order chi connectivity index (χ1) is 11.3. The molecule has 0 nitrogen and oxygen atoms in total. The summed E-state index contributed by atoms with van der Waals surface area (Å²) < 4.78 is 1.24. The van der Waals surface area contributed by atoms with Crippen molar-refractivity contribution >= 4 is 34.9 Å². The van der Waals surface area contributed by atoms with E-state index in [1.165, 1.54) is 20.6 Å². The van der Waals surface area contributed by atoms with Crippen molar-refractivity contribution in [2.75, 3.05) is 6.26 Å². The predicted molar refractivity (Wildman–Crippen MR) is 108 cm³/mol. The van der Waals surface area contributed by atoms with Gasteiger partial charge in [-0.1, -0.05) is 66.4 Å². The van der Waals surface area contributed by atoms with Crippen LogP contribution in [0, 0.1) is 0 Å². The largest absolute Gasteiger partial charge is 0.150 e. The molecule has 0 heterocycles. The van der Waals surface area contributed by atoms with Crippen LogP contribution in [-0.2, 0) is 0 Å². The summed E-state index contributed by atoms with van der Waals surface area (Å²) in [6.45, 7) is 4.49. The maximum atomic E-state index is 4.49. The second-order valence-corrected chi connectivity index (χ2v) is 9.91.